The second-order valence-electron chi connectivity index (χ2n) is 4.04. The van der Waals surface area contributed by atoms with Crippen molar-refractivity contribution in [1.29, 1.82) is 0 Å². The highest BCUT2D eigenvalue weighted by molar-refractivity contribution is 5.67. The van der Waals surface area contributed by atoms with Crippen molar-refractivity contribution in [1.82, 2.24) is 10.2 Å². The second kappa shape index (κ2) is 3.74. The van der Waals surface area contributed by atoms with E-state index in [1.165, 1.54) is 7.11 Å². The molecule has 0 aliphatic carbocycles. The van der Waals surface area contributed by atoms with E-state index in [2.05, 4.69) is 10.1 Å². The quantitative estimate of drug-likeness (QED) is 0.541. The number of amides is 1. The number of aliphatic hydroxyl groups is 1. The molecular formula is C9H16N2O3. The second-order valence-corrected chi connectivity index (χ2v) is 4.04. The Morgan fingerprint density at radius 2 is 2.00 bits per heavy atom. The minimum absolute atomic E-state index is 0.154. The number of hydrogen-bond acceptors (Lipinski definition) is 4. The topological polar surface area (TPSA) is 61.8 Å². The molecular weight excluding hydrogens is 184 g/mol. The number of fused-ring (bicyclic) bond motifs is 2. The highest BCUT2D eigenvalue weighted by Crippen LogP contribution is 2.25. The summed E-state index contributed by atoms with van der Waals surface area (Å²) in [6.45, 7) is 2.75. The summed E-state index contributed by atoms with van der Waals surface area (Å²) in [6, 6.07) is 0. The first kappa shape index (κ1) is 9.73. The third kappa shape index (κ3) is 1.57. The Kier molecular flexibility index (Phi) is 2.60. The summed E-state index contributed by atoms with van der Waals surface area (Å²) < 4.78 is 4.68. The fourth-order valence-corrected chi connectivity index (χ4v) is 2.34. The van der Waals surface area contributed by atoms with Crippen LogP contribution in [0, 0.1) is 11.8 Å². The Bertz CT molecular complexity index is 220. The van der Waals surface area contributed by atoms with E-state index in [1.54, 1.807) is 4.90 Å². The number of methoxy groups -OCH3 is 1. The lowest BCUT2D eigenvalue weighted by molar-refractivity contribution is -0.0352. The van der Waals surface area contributed by atoms with Crippen LogP contribution in [0.25, 0.3) is 0 Å². The molecule has 2 heterocycles. The third-order valence-corrected chi connectivity index (χ3v) is 3.12. The summed E-state index contributed by atoms with van der Waals surface area (Å²) in [5.74, 6) is 0.309. The molecule has 1 amide bonds. The van der Waals surface area contributed by atoms with Crippen LogP contribution in [0.1, 0.15) is 0 Å². The highest BCUT2D eigenvalue weighted by Gasteiger charge is 2.40. The van der Waals surface area contributed by atoms with Gasteiger partial charge in [-0.25, -0.2) is 4.79 Å². The molecule has 2 rings (SSSR count). The number of ether oxygens (including phenoxy) is 1. The summed E-state index contributed by atoms with van der Waals surface area (Å²) >= 11 is 0. The number of carbonyl (C=O) groups excluding carboxylic acids is 1. The average molecular weight is 200 g/mol. The van der Waals surface area contributed by atoms with Crippen molar-refractivity contribution >= 4 is 6.09 Å². The molecule has 14 heavy (non-hydrogen) atoms. The molecule has 0 aromatic rings. The van der Waals surface area contributed by atoms with Crippen LogP contribution < -0.4 is 5.32 Å². The lowest BCUT2D eigenvalue weighted by Crippen LogP contribution is -2.60. The zero-order valence-electron chi connectivity index (χ0n) is 8.27. The van der Waals surface area contributed by atoms with Gasteiger partial charge in [-0.05, 0) is 0 Å². The maximum absolute atomic E-state index is 11.3. The van der Waals surface area contributed by atoms with Gasteiger partial charge in [-0.3, -0.25) is 0 Å². The smallest absolute Gasteiger partial charge is 0.409 e. The fraction of sp³-hybridized carbons (Fsp3) is 0.889. The Balaban J connectivity index is 2.03. The van der Waals surface area contributed by atoms with E-state index < -0.39 is 0 Å². The number of carbonyl (C=O) groups is 1. The van der Waals surface area contributed by atoms with Gasteiger partial charge in [0.25, 0.3) is 0 Å². The molecule has 2 bridgehead atoms. The van der Waals surface area contributed by atoms with Gasteiger partial charge in [-0.2, -0.15) is 0 Å². The van der Waals surface area contributed by atoms with Gasteiger partial charge in [0, 0.05) is 38.0 Å². The molecule has 2 unspecified atom stereocenters. The number of nitrogens with zero attached hydrogens (tertiary/aromatic N) is 1. The SMILES string of the molecule is COC(=O)N1CC2CNCC(C1)C2O. The number of rotatable bonds is 0. The van der Waals surface area contributed by atoms with Crippen LogP contribution in [0.2, 0.25) is 0 Å². The zero-order valence-corrected chi connectivity index (χ0v) is 8.27. The van der Waals surface area contributed by atoms with E-state index in [0.29, 0.717) is 13.1 Å². The van der Waals surface area contributed by atoms with Crippen LogP contribution in [0.15, 0.2) is 0 Å². The van der Waals surface area contributed by atoms with Crippen LogP contribution in [0.3, 0.4) is 0 Å². The molecule has 2 fully saturated rings. The third-order valence-electron chi connectivity index (χ3n) is 3.12. The van der Waals surface area contributed by atoms with Gasteiger partial charge in [0.05, 0.1) is 13.2 Å². The number of nitrogens with one attached hydrogen (secondary N) is 1. The number of aliphatic hydroxyl groups excluding tert-OH is 1. The van der Waals surface area contributed by atoms with Gasteiger partial charge >= 0.3 is 6.09 Å². The molecule has 0 spiro atoms. The molecule has 0 aromatic carbocycles. The van der Waals surface area contributed by atoms with Gasteiger partial charge in [0.15, 0.2) is 0 Å². The normalized spacial score (nSPS) is 36.7. The summed E-state index contributed by atoms with van der Waals surface area (Å²) in [5, 5.41) is 13.1. The van der Waals surface area contributed by atoms with Gasteiger partial charge < -0.3 is 20.1 Å². The molecule has 2 atom stereocenters. The monoisotopic (exact) mass is 200 g/mol. The van der Waals surface area contributed by atoms with E-state index in [9.17, 15) is 9.90 Å². The van der Waals surface area contributed by atoms with Crippen molar-refractivity contribution in [3.05, 3.63) is 0 Å². The molecule has 2 aliphatic rings. The van der Waals surface area contributed by atoms with Crippen LogP contribution >= 0.6 is 0 Å². The standard InChI is InChI=1S/C9H16N2O3/c1-14-9(13)11-4-6-2-10-3-7(5-11)8(6)12/h6-8,10,12H,2-5H2,1H3. The van der Waals surface area contributed by atoms with Gasteiger partial charge in [-0.1, -0.05) is 0 Å². The maximum atomic E-state index is 11.3. The van der Waals surface area contributed by atoms with Gasteiger partial charge in [0.1, 0.15) is 0 Å². The van der Waals surface area contributed by atoms with E-state index in [-0.39, 0.29) is 24.0 Å². The summed E-state index contributed by atoms with van der Waals surface area (Å²) in [4.78, 5) is 13.0. The first-order chi connectivity index (χ1) is 6.72. The summed E-state index contributed by atoms with van der Waals surface area (Å²) in [6.07, 6.45) is -0.550. The molecule has 0 radical (unpaired) electrons. The predicted octanol–water partition coefficient (Wildman–Crippen LogP) is -0.735. The lowest BCUT2D eigenvalue weighted by atomic mass is 9.83. The maximum Gasteiger partial charge on any atom is 0.409 e. The van der Waals surface area contributed by atoms with Crippen LogP contribution in [0.5, 0.6) is 0 Å². The minimum atomic E-state index is -0.284. The van der Waals surface area contributed by atoms with Crippen molar-refractivity contribution < 1.29 is 14.6 Å². The van der Waals surface area contributed by atoms with E-state index >= 15 is 0 Å². The molecule has 2 saturated heterocycles. The van der Waals surface area contributed by atoms with Crippen molar-refractivity contribution in [3.8, 4) is 0 Å². The predicted molar refractivity (Wildman–Crippen MR) is 49.8 cm³/mol. The first-order valence-electron chi connectivity index (χ1n) is 4.94. The van der Waals surface area contributed by atoms with Crippen molar-refractivity contribution in [2.24, 2.45) is 11.8 Å². The van der Waals surface area contributed by atoms with Crippen molar-refractivity contribution in [2.75, 3.05) is 33.3 Å². The van der Waals surface area contributed by atoms with E-state index in [0.717, 1.165) is 13.1 Å². The molecule has 0 aromatic heterocycles. The van der Waals surface area contributed by atoms with Crippen molar-refractivity contribution in [3.63, 3.8) is 0 Å². The van der Waals surface area contributed by atoms with Gasteiger partial charge in [0.2, 0.25) is 0 Å². The summed E-state index contributed by atoms with van der Waals surface area (Å²) in [5.41, 5.74) is 0. The molecule has 2 N–H and O–H groups in total. The number of hydrogen-bond donors (Lipinski definition) is 2. The van der Waals surface area contributed by atoms with Crippen LogP contribution in [-0.2, 0) is 4.74 Å². The first-order valence-corrected chi connectivity index (χ1v) is 4.94. The molecule has 5 nitrogen and oxygen atoms in total. The fourth-order valence-electron chi connectivity index (χ4n) is 2.34. The Labute approximate surface area is 83.0 Å². The van der Waals surface area contributed by atoms with E-state index in [4.69, 9.17) is 0 Å². The average Bonchev–Trinajstić information content (AvgIpc) is 2.16. The van der Waals surface area contributed by atoms with Crippen molar-refractivity contribution in [2.45, 2.75) is 6.10 Å². The number of piperidine rings is 2. The minimum Gasteiger partial charge on any atom is -0.453 e. The number of likely N-dealkylation sites (tertiary alicyclic amines) is 1. The van der Waals surface area contributed by atoms with Crippen LogP contribution in [0.4, 0.5) is 4.79 Å². The molecule has 80 valence electrons. The largest absolute Gasteiger partial charge is 0.453 e. The summed E-state index contributed by atoms with van der Waals surface area (Å²) in [7, 11) is 1.39. The molecule has 5 heteroatoms. The molecule has 2 aliphatic heterocycles. The Morgan fingerprint density at radius 3 is 2.50 bits per heavy atom. The Hall–Kier alpha value is -0.810. The van der Waals surface area contributed by atoms with Crippen LogP contribution in [-0.4, -0.2) is 55.5 Å². The Morgan fingerprint density at radius 1 is 1.43 bits per heavy atom. The highest BCUT2D eigenvalue weighted by atomic mass is 16.5. The lowest BCUT2D eigenvalue weighted by Gasteiger charge is -2.44. The molecule has 0 saturated carbocycles. The van der Waals surface area contributed by atoms with Gasteiger partial charge in [-0.15, -0.1) is 0 Å². The zero-order chi connectivity index (χ0) is 10.1. The van der Waals surface area contributed by atoms with E-state index in [1.807, 2.05) is 0 Å².